The third-order valence-electron chi connectivity index (χ3n) is 3.85. The highest BCUT2D eigenvalue weighted by Gasteiger charge is 1.99. The first-order valence-corrected chi connectivity index (χ1v) is 8.20. The van der Waals surface area contributed by atoms with Crippen molar-refractivity contribution in [2.24, 2.45) is 0 Å². The molecule has 24 heavy (non-hydrogen) atoms. The maximum Gasteiger partial charge on any atom is 0.143 e. The molecule has 0 saturated carbocycles. The zero-order chi connectivity index (χ0) is 16.9. The molecule has 0 nitrogen and oxygen atoms in total. The Morgan fingerprint density at radius 2 is 1.33 bits per heavy atom. The minimum Gasteiger partial charge on any atom is -0.205 e. The normalized spacial score (nSPS) is 10.1. The van der Waals surface area contributed by atoms with E-state index in [-0.39, 0.29) is 5.02 Å². The molecule has 0 unspecified atom stereocenters. The van der Waals surface area contributed by atoms with Gasteiger partial charge in [-0.1, -0.05) is 66.8 Å². The van der Waals surface area contributed by atoms with Crippen LogP contribution < -0.4 is 0 Å². The first kappa shape index (κ1) is 16.3. The standard InChI is InChI=1S/C22H16ClF/c1-2-16-5-10-19(11-6-16)20-12-7-17(8-13-20)3-4-18-9-14-21(23)22(24)15-18/h5-15H,2H2,1H3. The van der Waals surface area contributed by atoms with Crippen LogP contribution in [0.4, 0.5) is 4.39 Å². The third kappa shape index (κ3) is 3.85. The number of aryl methyl sites for hydroxylation is 1. The minimum atomic E-state index is -0.450. The molecule has 0 amide bonds. The van der Waals surface area contributed by atoms with Crippen LogP contribution in [0.3, 0.4) is 0 Å². The molecule has 0 radical (unpaired) electrons. The molecule has 118 valence electrons. The quantitative estimate of drug-likeness (QED) is 0.496. The molecule has 2 heteroatoms. The average molecular weight is 335 g/mol. The van der Waals surface area contributed by atoms with Crippen LogP contribution in [0.15, 0.2) is 66.7 Å². The fourth-order valence-electron chi connectivity index (χ4n) is 2.40. The van der Waals surface area contributed by atoms with Crippen molar-refractivity contribution < 1.29 is 4.39 Å². The molecular weight excluding hydrogens is 319 g/mol. The maximum atomic E-state index is 13.4. The van der Waals surface area contributed by atoms with Gasteiger partial charge in [-0.25, -0.2) is 4.39 Å². The molecule has 0 aromatic heterocycles. The van der Waals surface area contributed by atoms with E-state index >= 15 is 0 Å². The highest BCUT2D eigenvalue weighted by molar-refractivity contribution is 6.30. The first-order chi connectivity index (χ1) is 11.7. The van der Waals surface area contributed by atoms with E-state index in [2.05, 4.69) is 43.0 Å². The van der Waals surface area contributed by atoms with Crippen LogP contribution in [-0.2, 0) is 6.42 Å². The fraction of sp³-hybridized carbons (Fsp3) is 0.0909. The molecule has 0 spiro atoms. The van der Waals surface area contributed by atoms with E-state index in [1.807, 2.05) is 24.3 Å². The lowest BCUT2D eigenvalue weighted by Crippen LogP contribution is -1.83. The van der Waals surface area contributed by atoms with Crippen molar-refractivity contribution in [1.82, 2.24) is 0 Å². The van der Waals surface area contributed by atoms with Crippen LogP contribution in [0.2, 0.25) is 5.02 Å². The average Bonchev–Trinajstić information content (AvgIpc) is 2.63. The molecule has 0 saturated heterocycles. The maximum absolute atomic E-state index is 13.4. The molecule has 0 fully saturated rings. The summed E-state index contributed by atoms with van der Waals surface area (Å²) < 4.78 is 13.4. The van der Waals surface area contributed by atoms with Gasteiger partial charge in [0.25, 0.3) is 0 Å². The lowest BCUT2D eigenvalue weighted by atomic mass is 10.0. The number of hydrogen-bond acceptors (Lipinski definition) is 0. The Labute approximate surface area is 146 Å². The summed E-state index contributed by atoms with van der Waals surface area (Å²) in [6.07, 6.45) is 1.04. The Balaban J connectivity index is 1.79. The molecule has 3 rings (SSSR count). The van der Waals surface area contributed by atoms with Crippen LogP contribution in [0.5, 0.6) is 0 Å². The monoisotopic (exact) mass is 334 g/mol. The van der Waals surface area contributed by atoms with Gasteiger partial charge in [0.1, 0.15) is 5.82 Å². The summed E-state index contributed by atoms with van der Waals surface area (Å²) in [7, 11) is 0. The zero-order valence-corrected chi connectivity index (χ0v) is 14.1. The second kappa shape index (κ2) is 7.34. The lowest BCUT2D eigenvalue weighted by Gasteiger charge is -2.03. The Hall–Kier alpha value is -2.56. The molecule has 0 N–H and O–H groups in total. The molecule has 0 aliphatic rings. The molecular formula is C22H16ClF. The van der Waals surface area contributed by atoms with Gasteiger partial charge in [-0.05, 0) is 53.4 Å². The summed E-state index contributed by atoms with van der Waals surface area (Å²) in [6, 6.07) is 21.2. The SMILES string of the molecule is CCc1ccc(-c2ccc(C#Cc3ccc(Cl)c(F)c3)cc2)cc1. The van der Waals surface area contributed by atoms with E-state index in [1.54, 1.807) is 6.07 Å². The van der Waals surface area contributed by atoms with Crippen molar-refractivity contribution in [3.05, 3.63) is 94.3 Å². The van der Waals surface area contributed by atoms with Gasteiger partial charge in [0.2, 0.25) is 0 Å². The summed E-state index contributed by atoms with van der Waals surface area (Å²) >= 11 is 5.67. The second-order valence-electron chi connectivity index (χ2n) is 5.51. The van der Waals surface area contributed by atoms with Crippen LogP contribution >= 0.6 is 11.6 Å². The van der Waals surface area contributed by atoms with E-state index < -0.39 is 5.82 Å². The summed E-state index contributed by atoms with van der Waals surface area (Å²) in [5.41, 5.74) is 5.17. The van der Waals surface area contributed by atoms with Crippen molar-refractivity contribution in [3.8, 4) is 23.0 Å². The third-order valence-corrected chi connectivity index (χ3v) is 4.16. The van der Waals surface area contributed by atoms with Gasteiger partial charge in [0, 0.05) is 11.1 Å². The molecule has 3 aromatic rings. The molecule has 3 aromatic carbocycles. The largest absolute Gasteiger partial charge is 0.205 e. The summed E-state index contributed by atoms with van der Waals surface area (Å²) in [5.74, 6) is 5.55. The first-order valence-electron chi connectivity index (χ1n) is 7.82. The van der Waals surface area contributed by atoms with E-state index in [9.17, 15) is 4.39 Å². The van der Waals surface area contributed by atoms with E-state index in [1.165, 1.54) is 23.3 Å². The van der Waals surface area contributed by atoms with Crippen LogP contribution in [0.1, 0.15) is 23.6 Å². The van der Waals surface area contributed by atoms with Crippen molar-refractivity contribution >= 4 is 11.6 Å². The molecule has 0 aliphatic carbocycles. The van der Waals surface area contributed by atoms with Crippen molar-refractivity contribution in [2.45, 2.75) is 13.3 Å². The summed E-state index contributed by atoms with van der Waals surface area (Å²) in [4.78, 5) is 0. The van der Waals surface area contributed by atoms with Crippen molar-refractivity contribution in [1.29, 1.82) is 0 Å². The number of halogens is 2. The Morgan fingerprint density at radius 1 is 0.792 bits per heavy atom. The van der Waals surface area contributed by atoms with Gasteiger partial charge in [0.15, 0.2) is 0 Å². The second-order valence-corrected chi connectivity index (χ2v) is 5.91. The van der Waals surface area contributed by atoms with Crippen LogP contribution in [-0.4, -0.2) is 0 Å². The number of benzene rings is 3. The van der Waals surface area contributed by atoms with E-state index in [0.717, 1.165) is 17.5 Å². The van der Waals surface area contributed by atoms with Gasteiger partial charge in [0.05, 0.1) is 5.02 Å². The van der Waals surface area contributed by atoms with Gasteiger partial charge < -0.3 is 0 Å². The zero-order valence-electron chi connectivity index (χ0n) is 13.3. The highest BCUT2D eigenvalue weighted by atomic mass is 35.5. The fourth-order valence-corrected chi connectivity index (χ4v) is 2.51. The highest BCUT2D eigenvalue weighted by Crippen LogP contribution is 2.20. The van der Waals surface area contributed by atoms with E-state index in [0.29, 0.717) is 5.56 Å². The van der Waals surface area contributed by atoms with Crippen LogP contribution in [0.25, 0.3) is 11.1 Å². The summed E-state index contributed by atoms with van der Waals surface area (Å²) in [6.45, 7) is 2.15. The van der Waals surface area contributed by atoms with Crippen molar-refractivity contribution in [3.63, 3.8) is 0 Å². The Morgan fingerprint density at radius 3 is 1.92 bits per heavy atom. The number of hydrogen-bond donors (Lipinski definition) is 0. The predicted molar refractivity (Wildman–Crippen MR) is 98.6 cm³/mol. The minimum absolute atomic E-state index is 0.110. The van der Waals surface area contributed by atoms with Gasteiger partial charge in [-0.3, -0.25) is 0 Å². The van der Waals surface area contributed by atoms with Gasteiger partial charge >= 0.3 is 0 Å². The molecule has 0 bridgehead atoms. The smallest absolute Gasteiger partial charge is 0.143 e. The molecule has 0 heterocycles. The lowest BCUT2D eigenvalue weighted by molar-refractivity contribution is 0.628. The molecule has 0 aliphatic heterocycles. The van der Waals surface area contributed by atoms with E-state index in [4.69, 9.17) is 11.6 Å². The number of rotatable bonds is 2. The van der Waals surface area contributed by atoms with Crippen molar-refractivity contribution in [2.75, 3.05) is 0 Å². The molecule has 0 atom stereocenters. The van der Waals surface area contributed by atoms with Gasteiger partial charge in [-0.2, -0.15) is 0 Å². The van der Waals surface area contributed by atoms with Gasteiger partial charge in [-0.15, -0.1) is 0 Å². The predicted octanol–water partition coefficient (Wildman–Crippen LogP) is 6.11. The Kier molecular flexibility index (Phi) is 4.99. The van der Waals surface area contributed by atoms with Crippen LogP contribution in [0, 0.1) is 17.7 Å². The topological polar surface area (TPSA) is 0 Å². The summed E-state index contributed by atoms with van der Waals surface area (Å²) in [5, 5.41) is 0.110. The Bertz CT molecular complexity index is 897.